The van der Waals surface area contributed by atoms with E-state index in [2.05, 4.69) is 43.2 Å². The molecule has 0 bridgehead atoms. The van der Waals surface area contributed by atoms with Crippen LogP contribution in [0.4, 0.5) is 0 Å². The summed E-state index contributed by atoms with van der Waals surface area (Å²) in [6.45, 7) is 5.63. The van der Waals surface area contributed by atoms with Gasteiger partial charge in [-0.05, 0) is 50.9 Å². The minimum Gasteiger partial charge on any atom is -0.312 e. The second-order valence-electron chi connectivity index (χ2n) is 6.02. The molecule has 112 valence electrons. The summed E-state index contributed by atoms with van der Waals surface area (Å²) in [6.07, 6.45) is 5.17. The Morgan fingerprint density at radius 2 is 2.15 bits per heavy atom. The van der Waals surface area contributed by atoms with E-state index in [9.17, 15) is 0 Å². The Kier molecular flexibility index (Phi) is 5.88. The summed E-state index contributed by atoms with van der Waals surface area (Å²) in [6, 6.07) is 10.0. The normalized spacial score (nSPS) is 18.2. The first-order valence-electron chi connectivity index (χ1n) is 7.82. The third kappa shape index (κ3) is 4.47. The second-order valence-corrected chi connectivity index (χ2v) is 6.46. The first kappa shape index (κ1) is 15.8. The summed E-state index contributed by atoms with van der Waals surface area (Å²) >= 11 is 6.11. The Bertz CT molecular complexity index is 417. The fraction of sp³-hybridized carbons (Fsp3) is 0.647. The van der Waals surface area contributed by atoms with Gasteiger partial charge in [0.1, 0.15) is 0 Å². The number of nitrogens with zero attached hydrogens (tertiary/aromatic N) is 1. The summed E-state index contributed by atoms with van der Waals surface area (Å²) in [7, 11) is 2.24. The topological polar surface area (TPSA) is 15.3 Å². The molecule has 3 heteroatoms. The molecule has 1 aromatic carbocycles. The molecule has 0 radical (unpaired) electrons. The van der Waals surface area contributed by atoms with E-state index in [1.54, 1.807) is 0 Å². The number of nitrogens with one attached hydrogen (secondary N) is 1. The summed E-state index contributed by atoms with van der Waals surface area (Å²) in [4.78, 5) is 2.49. The standard InChI is InChI=1S/C17H27ClN2/c1-4-6-17(12-19-16-9-10-16)20(3)13(2)14-7-5-8-15(18)11-14/h5,7-8,11,13,16-17,19H,4,6,9-10,12H2,1-3H3. The van der Waals surface area contributed by atoms with Gasteiger partial charge in [-0.3, -0.25) is 4.90 Å². The van der Waals surface area contributed by atoms with Gasteiger partial charge in [-0.2, -0.15) is 0 Å². The molecular formula is C17H27ClN2. The van der Waals surface area contributed by atoms with Crippen molar-refractivity contribution in [2.45, 2.75) is 57.7 Å². The highest BCUT2D eigenvalue weighted by Gasteiger charge is 2.25. The Morgan fingerprint density at radius 1 is 1.40 bits per heavy atom. The lowest BCUT2D eigenvalue weighted by Gasteiger charge is -2.34. The number of likely N-dealkylation sites (N-methyl/N-ethyl adjacent to an activating group) is 1. The Labute approximate surface area is 128 Å². The maximum Gasteiger partial charge on any atom is 0.0409 e. The molecule has 2 atom stereocenters. The fourth-order valence-electron chi connectivity index (χ4n) is 2.69. The summed E-state index contributed by atoms with van der Waals surface area (Å²) in [5.41, 5.74) is 1.30. The zero-order chi connectivity index (χ0) is 14.5. The highest BCUT2D eigenvalue weighted by Crippen LogP contribution is 2.25. The molecule has 1 fully saturated rings. The van der Waals surface area contributed by atoms with Crippen LogP contribution in [-0.4, -0.2) is 30.6 Å². The Balaban J connectivity index is 1.98. The van der Waals surface area contributed by atoms with E-state index in [1.807, 2.05) is 12.1 Å². The van der Waals surface area contributed by atoms with Crippen LogP contribution in [0.15, 0.2) is 24.3 Å². The average Bonchev–Trinajstić information content (AvgIpc) is 3.26. The van der Waals surface area contributed by atoms with Gasteiger partial charge < -0.3 is 5.32 Å². The monoisotopic (exact) mass is 294 g/mol. The molecule has 0 spiro atoms. The van der Waals surface area contributed by atoms with Crippen molar-refractivity contribution in [1.82, 2.24) is 10.2 Å². The van der Waals surface area contributed by atoms with E-state index < -0.39 is 0 Å². The molecule has 20 heavy (non-hydrogen) atoms. The molecule has 1 aliphatic rings. The molecule has 0 aromatic heterocycles. The van der Waals surface area contributed by atoms with Crippen LogP contribution in [0.1, 0.15) is 51.1 Å². The van der Waals surface area contributed by atoms with Crippen molar-refractivity contribution in [3.05, 3.63) is 34.9 Å². The molecule has 1 N–H and O–H groups in total. The molecule has 2 rings (SSSR count). The van der Waals surface area contributed by atoms with Crippen molar-refractivity contribution >= 4 is 11.6 Å². The predicted molar refractivity (Wildman–Crippen MR) is 87.4 cm³/mol. The van der Waals surface area contributed by atoms with Gasteiger partial charge in [-0.1, -0.05) is 37.1 Å². The van der Waals surface area contributed by atoms with Crippen LogP contribution in [0.3, 0.4) is 0 Å². The fourth-order valence-corrected chi connectivity index (χ4v) is 2.89. The van der Waals surface area contributed by atoms with Crippen LogP contribution in [0.25, 0.3) is 0 Å². The lowest BCUT2D eigenvalue weighted by Crippen LogP contribution is -2.41. The third-order valence-electron chi connectivity index (χ3n) is 4.36. The molecule has 1 aromatic rings. The minimum atomic E-state index is 0.395. The number of rotatable bonds is 8. The molecule has 2 nitrogen and oxygen atoms in total. The number of hydrogen-bond acceptors (Lipinski definition) is 2. The lowest BCUT2D eigenvalue weighted by molar-refractivity contribution is 0.170. The van der Waals surface area contributed by atoms with Crippen LogP contribution in [-0.2, 0) is 0 Å². The lowest BCUT2D eigenvalue weighted by atomic mass is 10.0. The van der Waals surface area contributed by atoms with Crippen LogP contribution >= 0.6 is 11.6 Å². The van der Waals surface area contributed by atoms with Crippen molar-refractivity contribution < 1.29 is 0 Å². The predicted octanol–water partition coefficient (Wildman–Crippen LogP) is 4.25. The summed E-state index contributed by atoms with van der Waals surface area (Å²) < 4.78 is 0. The maximum atomic E-state index is 6.11. The van der Waals surface area contributed by atoms with Crippen LogP contribution in [0, 0.1) is 0 Å². The van der Waals surface area contributed by atoms with Crippen LogP contribution in [0.2, 0.25) is 5.02 Å². The minimum absolute atomic E-state index is 0.395. The van der Waals surface area contributed by atoms with Crippen LogP contribution < -0.4 is 5.32 Å². The highest BCUT2D eigenvalue weighted by atomic mass is 35.5. The van der Waals surface area contributed by atoms with Crippen molar-refractivity contribution in [2.24, 2.45) is 0 Å². The molecule has 0 saturated heterocycles. The summed E-state index contributed by atoms with van der Waals surface area (Å²) in [5.74, 6) is 0. The van der Waals surface area contributed by atoms with Gasteiger partial charge in [-0.25, -0.2) is 0 Å². The van der Waals surface area contributed by atoms with E-state index in [1.165, 1.54) is 31.2 Å². The van der Waals surface area contributed by atoms with Gasteiger partial charge in [0.05, 0.1) is 0 Å². The van der Waals surface area contributed by atoms with Gasteiger partial charge in [0, 0.05) is 29.7 Å². The first-order chi connectivity index (χ1) is 9.61. The highest BCUT2D eigenvalue weighted by molar-refractivity contribution is 6.30. The van der Waals surface area contributed by atoms with Crippen molar-refractivity contribution in [2.75, 3.05) is 13.6 Å². The number of hydrogen-bond donors (Lipinski definition) is 1. The zero-order valence-corrected chi connectivity index (χ0v) is 13.7. The third-order valence-corrected chi connectivity index (χ3v) is 4.59. The van der Waals surface area contributed by atoms with Gasteiger partial charge >= 0.3 is 0 Å². The van der Waals surface area contributed by atoms with Crippen molar-refractivity contribution in [3.63, 3.8) is 0 Å². The quantitative estimate of drug-likeness (QED) is 0.771. The molecule has 1 aliphatic carbocycles. The largest absolute Gasteiger partial charge is 0.312 e. The van der Waals surface area contributed by atoms with Gasteiger partial charge in [0.25, 0.3) is 0 Å². The van der Waals surface area contributed by atoms with Crippen molar-refractivity contribution in [3.8, 4) is 0 Å². The maximum absolute atomic E-state index is 6.11. The molecule has 1 saturated carbocycles. The van der Waals surface area contributed by atoms with Gasteiger partial charge in [-0.15, -0.1) is 0 Å². The Morgan fingerprint density at radius 3 is 2.75 bits per heavy atom. The molecule has 0 amide bonds. The zero-order valence-electron chi connectivity index (χ0n) is 12.9. The van der Waals surface area contributed by atoms with E-state index >= 15 is 0 Å². The van der Waals surface area contributed by atoms with E-state index in [0.29, 0.717) is 12.1 Å². The SMILES string of the molecule is CCCC(CNC1CC1)N(C)C(C)c1cccc(Cl)c1. The van der Waals surface area contributed by atoms with Gasteiger partial charge in [0.15, 0.2) is 0 Å². The first-order valence-corrected chi connectivity index (χ1v) is 8.20. The molecule has 0 aliphatic heterocycles. The number of halogens is 1. The summed E-state index contributed by atoms with van der Waals surface area (Å²) in [5, 5.41) is 4.50. The smallest absolute Gasteiger partial charge is 0.0409 e. The van der Waals surface area contributed by atoms with Crippen molar-refractivity contribution in [1.29, 1.82) is 0 Å². The van der Waals surface area contributed by atoms with E-state index in [4.69, 9.17) is 11.6 Å². The van der Waals surface area contributed by atoms with E-state index in [0.717, 1.165) is 17.6 Å². The Hall–Kier alpha value is -0.570. The second kappa shape index (κ2) is 7.44. The molecule has 2 unspecified atom stereocenters. The van der Waals surface area contributed by atoms with Crippen LogP contribution in [0.5, 0.6) is 0 Å². The number of benzene rings is 1. The molecular weight excluding hydrogens is 268 g/mol. The van der Waals surface area contributed by atoms with Gasteiger partial charge in [0.2, 0.25) is 0 Å². The molecule has 0 heterocycles. The van der Waals surface area contributed by atoms with E-state index in [-0.39, 0.29) is 0 Å². The average molecular weight is 295 g/mol.